The van der Waals surface area contributed by atoms with E-state index in [-0.39, 0.29) is 12.0 Å². The zero-order chi connectivity index (χ0) is 16.9. The molecule has 0 spiro atoms. The average molecular weight is 348 g/mol. The van der Waals surface area contributed by atoms with Gasteiger partial charge in [0.15, 0.2) is 0 Å². The molecule has 2 N–H and O–H groups in total. The fourth-order valence-corrected chi connectivity index (χ4v) is 3.12. The van der Waals surface area contributed by atoms with Crippen LogP contribution in [0.1, 0.15) is 29.8 Å². The van der Waals surface area contributed by atoms with Gasteiger partial charge in [-0.3, -0.25) is 4.79 Å². The van der Waals surface area contributed by atoms with E-state index in [4.69, 9.17) is 11.6 Å². The van der Waals surface area contributed by atoms with Crippen molar-refractivity contribution in [3.63, 3.8) is 0 Å². The molecule has 128 valence electrons. The zero-order valence-electron chi connectivity index (χ0n) is 13.5. The Morgan fingerprint density at radius 3 is 2.83 bits per heavy atom. The van der Waals surface area contributed by atoms with Crippen LogP contribution in [0.3, 0.4) is 0 Å². The lowest BCUT2D eigenvalue weighted by molar-refractivity contribution is 0.0816. The number of hydrogen-bond acceptors (Lipinski definition) is 4. The third-order valence-corrected chi connectivity index (χ3v) is 4.62. The normalized spacial score (nSPS) is 16.4. The summed E-state index contributed by atoms with van der Waals surface area (Å²) >= 11 is 5.97. The summed E-state index contributed by atoms with van der Waals surface area (Å²) < 4.78 is 0. The lowest BCUT2D eigenvalue weighted by atomic mass is 10.1. The highest BCUT2D eigenvalue weighted by atomic mass is 35.5. The quantitative estimate of drug-likeness (QED) is 0.815. The third kappa shape index (κ3) is 4.44. The summed E-state index contributed by atoms with van der Waals surface area (Å²) in [6, 6.07) is 9.08. The Balaban J connectivity index is 1.48. The molecule has 6 heteroatoms. The number of aliphatic hydroxyl groups is 1. The molecule has 2 heterocycles. The average Bonchev–Trinajstić information content (AvgIpc) is 2.59. The van der Waals surface area contributed by atoms with Crippen molar-refractivity contribution in [2.24, 2.45) is 0 Å². The first-order chi connectivity index (χ1) is 11.6. The summed E-state index contributed by atoms with van der Waals surface area (Å²) in [5, 5.41) is 14.0. The number of benzene rings is 1. The molecule has 3 rings (SSSR count). The molecule has 1 saturated heterocycles. The highest BCUT2D eigenvalue weighted by Crippen LogP contribution is 2.18. The number of aromatic nitrogens is 1. The van der Waals surface area contributed by atoms with Crippen LogP contribution in [0.4, 0.5) is 0 Å². The van der Waals surface area contributed by atoms with E-state index in [0.29, 0.717) is 17.3 Å². The van der Waals surface area contributed by atoms with Crippen LogP contribution in [0.5, 0.6) is 0 Å². The lowest BCUT2D eigenvalue weighted by Crippen LogP contribution is -2.37. The Bertz CT molecular complexity index is 714. The van der Waals surface area contributed by atoms with E-state index in [2.05, 4.69) is 15.2 Å². The predicted molar refractivity (Wildman–Crippen MR) is 95.4 cm³/mol. The minimum Gasteiger partial charge on any atom is -0.393 e. The van der Waals surface area contributed by atoms with Crippen molar-refractivity contribution in [3.05, 3.63) is 41.0 Å². The second kappa shape index (κ2) is 7.92. The maximum atomic E-state index is 12.2. The Labute approximate surface area is 146 Å². The summed E-state index contributed by atoms with van der Waals surface area (Å²) in [6.07, 6.45) is 2.43. The Hall–Kier alpha value is -1.69. The van der Waals surface area contributed by atoms with Crippen LogP contribution >= 0.6 is 11.6 Å². The molecule has 0 saturated carbocycles. The third-order valence-electron chi connectivity index (χ3n) is 4.38. The monoisotopic (exact) mass is 347 g/mol. The second-order valence-corrected chi connectivity index (χ2v) is 6.65. The molecule has 1 aliphatic rings. The molecule has 2 aromatic rings. The number of amides is 1. The van der Waals surface area contributed by atoms with Crippen LogP contribution in [0.15, 0.2) is 30.3 Å². The van der Waals surface area contributed by atoms with Crippen molar-refractivity contribution in [2.75, 3.05) is 26.2 Å². The second-order valence-electron chi connectivity index (χ2n) is 6.22. The number of rotatable bonds is 5. The summed E-state index contributed by atoms with van der Waals surface area (Å²) in [5.74, 6) is -0.161. The van der Waals surface area contributed by atoms with Gasteiger partial charge in [0.1, 0.15) is 5.69 Å². The SMILES string of the molecule is O=C(NCCCN1CCC(O)CC1)c1ccc2ccc(Cl)cc2n1. The van der Waals surface area contributed by atoms with Crippen LogP contribution in [-0.4, -0.2) is 53.2 Å². The number of piperidine rings is 1. The number of halogens is 1. The molecule has 5 nitrogen and oxygen atoms in total. The molecule has 1 aliphatic heterocycles. The Kier molecular flexibility index (Phi) is 5.66. The van der Waals surface area contributed by atoms with Gasteiger partial charge in [0, 0.05) is 30.0 Å². The first-order valence-corrected chi connectivity index (χ1v) is 8.74. The van der Waals surface area contributed by atoms with E-state index in [0.717, 1.165) is 49.8 Å². The first kappa shape index (κ1) is 17.1. The summed E-state index contributed by atoms with van der Waals surface area (Å²) in [7, 11) is 0. The number of carbonyl (C=O) groups excluding carboxylic acids is 1. The van der Waals surface area contributed by atoms with Gasteiger partial charge in [-0.05, 0) is 44.0 Å². The number of likely N-dealkylation sites (tertiary alicyclic amines) is 1. The van der Waals surface area contributed by atoms with Gasteiger partial charge in [-0.1, -0.05) is 23.7 Å². The lowest BCUT2D eigenvalue weighted by Gasteiger charge is -2.29. The molecule has 0 unspecified atom stereocenters. The molecule has 0 radical (unpaired) electrons. The van der Waals surface area contributed by atoms with E-state index in [1.807, 2.05) is 18.2 Å². The van der Waals surface area contributed by atoms with Gasteiger partial charge < -0.3 is 15.3 Å². The van der Waals surface area contributed by atoms with Crippen molar-refractivity contribution in [1.29, 1.82) is 0 Å². The summed E-state index contributed by atoms with van der Waals surface area (Å²) in [4.78, 5) is 18.9. The van der Waals surface area contributed by atoms with E-state index in [9.17, 15) is 9.90 Å². The highest BCUT2D eigenvalue weighted by molar-refractivity contribution is 6.31. The van der Waals surface area contributed by atoms with Crippen LogP contribution in [0, 0.1) is 0 Å². The first-order valence-electron chi connectivity index (χ1n) is 8.37. The fraction of sp³-hybridized carbons (Fsp3) is 0.444. The number of nitrogens with one attached hydrogen (secondary N) is 1. The molecule has 1 fully saturated rings. The number of carbonyl (C=O) groups is 1. The van der Waals surface area contributed by atoms with Gasteiger partial charge in [0.2, 0.25) is 0 Å². The zero-order valence-corrected chi connectivity index (χ0v) is 14.3. The standard InChI is InChI=1S/C18H22ClN3O2/c19-14-4-2-13-3-5-16(21-17(13)12-14)18(24)20-8-1-9-22-10-6-15(23)7-11-22/h2-5,12,15,23H,1,6-11H2,(H,20,24). The van der Waals surface area contributed by atoms with Crippen molar-refractivity contribution >= 4 is 28.4 Å². The van der Waals surface area contributed by atoms with E-state index in [1.54, 1.807) is 12.1 Å². The van der Waals surface area contributed by atoms with Gasteiger partial charge in [0.25, 0.3) is 5.91 Å². The van der Waals surface area contributed by atoms with Crippen LogP contribution in [-0.2, 0) is 0 Å². The number of hydrogen-bond donors (Lipinski definition) is 2. The Morgan fingerprint density at radius 2 is 2.04 bits per heavy atom. The van der Waals surface area contributed by atoms with Crippen molar-refractivity contribution in [2.45, 2.75) is 25.4 Å². The topological polar surface area (TPSA) is 65.5 Å². The molecule has 0 atom stereocenters. The van der Waals surface area contributed by atoms with Crippen molar-refractivity contribution in [1.82, 2.24) is 15.2 Å². The number of fused-ring (bicyclic) bond motifs is 1. The van der Waals surface area contributed by atoms with Gasteiger partial charge in [-0.15, -0.1) is 0 Å². The van der Waals surface area contributed by atoms with Gasteiger partial charge in [-0.25, -0.2) is 4.98 Å². The number of nitrogens with zero attached hydrogens (tertiary/aromatic N) is 2. The highest BCUT2D eigenvalue weighted by Gasteiger charge is 2.16. The Morgan fingerprint density at radius 1 is 1.29 bits per heavy atom. The van der Waals surface area contributed by atoms with Gasteiger partial charge in [-0.2, -0.15) is 0 Å². The summed E-state index contributed by atoms with van der Waals surface area (Å²) in [5.41, 5.74) is 1.13. The van der Waals surface area contributed by atoms with Crippen molar-refractivity contribution in [3.8, 4) is 0 Å². The predicted octanol–water partition coefficient (Wildman–Crippen LogP) is 2.46. The largest absolute Gasteiger partial charge is 0.393 e. The van der Waals surface area contributed by atoms with E-state index in [1.165, 1.54) is 0 Å². The minimum absolute atomic E-state index is 0.145. The van der Waals surface area contributed by atoms with Crippen LogP contribution in [0.2, 0.25) is 5.02 Å². The van der Waals surface area contributed by atoms with Gasteiger partial charge >= 0.3 is 0 Å². The molecule has 1 amide bonds. The van der Waals surface area contributed by atoms with Crippen molar-refractivity contribution < 1.29 is 9.90 Å². The number of aliphatic hydroxyl groups excluding tert-OH is 1. The maximum absolute atomic E-state index is 12.2. The van der Waals surface area contributed by atoms with E-state index < -0.39 is 0 Å². The molecular formula is C18H22ClN3O2. The smallest absolute Gasteiger partial charge is 0.269 e. The molecule has 1 aromatic carbocycles. The van der Waals surface area contributed by atoms with Gasteiger partial charge in [0.05, 0.1) is 11.6 Å². The summed E-state index contributed by atoms with van der Waals surface area (Å²) in [6.45, 7) is 3.42. The molecule has 0 bridgehead atoms. The number of pyridine rings is 1. The maximum Gasteiger partial charge on any atom is 0.269 e. The molecule has 0 aliphatic carbocycles. The van der Waals surface area contributed by atoms with Crippen LogP contribution < -0.4 is 5.32 Å². The molecule has 24 heavy (non-hydrogen) atoms. The molecular weight excluding hydrogens is 326 g/mol. The fourth-order valence-electron chi connectivity index (χ4n) is 2.95. The molecule has 1 aromatic heterocycles. The van der Waals surface area contributed by atoms with Crippen LogP contribution in [0.25, 0.3) is 10.9 Å². The minimum atomic E-state index is -0.161. The van der Waals surface area contributed by atoms with E-state index >= 15 is 0 Å².